The van der Waals surface area contributed by atoms with Gasteiger partial charge in [-0.3, -0.25) is 14.4 Å². The zero-order valence-corrected chi connectivity index (χ0v) is 15.6. The van der Waals surface area contributed by atoms with Crippen molar-refractivity contribution < 1.29 is 4.79 Å². The number of hydrogen-bond acceptors (Lipinski definition) is 4. The lowest BCUT2D eigenvalue weighted by Crippen LogP contribution is -2.31. The maximum atomic E-state index is 13.2. The van der Waals surface area contributed by atoms with Gasteiger partial charge in [0.25, 0.3) is 0 Å². The quantitative estimate of drug-likeness (QED) is 0.852. The van der Waals surface area contributed by atoms with E-state index in [2.05, 4.69) is 27.2 Å². The molecule has 0 aromatic carbocycles. The van der Waals surface area contributed by atoms with Crippen LogP contribution in [0.15, 0.2) is 42.5 Å². The van der Waals surface area contributed by atoms with Gasteiger partial charge in [-0.1, -0.05) is 19.9 Å². The first-order valence-electron chi connectivity index (χ1n) is 9.00. The van der Waals surface area contributed by atoms with Crippen molar-refractivity contribution in [2.75, 3.05) is 4.90 Å². The van der Waals surface area contributed by atoms with Gasteiger partial charge in [-0.25, -0.2) is 9.97 Å². The molecule has 2 aliphatic rings. The van der Waals surface area contributed by atoms with E-state index in [1.807, 2.05) is 57.0 Å². The van der Waals surface area contributed by atoms with E-state index < -0.39 is 5.41 Å². The Balaban J connectivity index is 1.78. The second kappa shape index (κ2) is 5.90. The molecule has 1 amide bonds. The molecule has 0 bridgehead atoms. The molecule has 0 saturated carbocycles. The van der Waals surface area contributed by atoms with Crippen molar-refractivity contribution in [1.82, 2.24) is 19.7 Å². The predicted molar refractivity (Wildman–Crippen MR) is 100 cm³/mol. The number of aromatic nitrogens is 4. The molecule has 1 atom stereocenters. The van der Waals surface area contributed by atoms with E-state index in [0.29, 0.717) is 5.82 Å². The number of carbonyl (C=O) groups excluding carboxylic acids is 1. The molecule has 1 aliphatic carbocycles. The normalized spacial score (nSPS) is 21.5. The number of hydrogen-bond donors (Lipinski definition) is 0. The molecule has 0 N–H and O–H groups in total. The summed E-state index contributed by atoms with van der Waals surface area (Å²) in [5.41, 5.74) is 2.59. The molecule has 2 aromatic rings. The average Bonchev–Trinajstić information content (AvgIpc) is 3.17. The molecule has 2 aromatic heterocycles. The van der Waals surface area contributed by atoms with Crippen LogP contribution >= 0.6 is 0 Å². The van der Waals surface area contributed by atoms with Crippen molar-refractivity contribution in [3.63, 3.8) is 0 Å². The van der Waals surface area contributed by atoms with E-state index in [4.69, 9.17) is 0 Å². The third kappa shape index (κ3) is 2.48. The first kappa shape index (κ1) is 16.7. The summed E-state index contributed by atoms with van der Waals surface area (Å²) in [6, 6.07) is 1.91. The van der Waals surface area contributed by atoms with Crippen molar-refractivity contribution >= 4 is 17.3 Å². The molecular weight excluding hydrogens is 326 g/mol. The van der Waals surface area contributed by atoms with Crippen molar-refractivity contribution in [3.8, 4) is 0 Å². The topological polar surface area (TPSA) is 63.9 Å². The molecule has 1 aliphatic heterocycles. The Kier molecular flexibility index (Phi) is 3.79. The number of nitrogens with zero attached hydrogens (tertiary/aromatic N) is 5. The second-order valence-electron chi connectivity index (χ2n) is 7.43. The van der Waals surface area contributed by atoms with Crippen molar-refractivity contribution in [2.24, 2.45) is 11.3 Å². The van der Waals surface area contributed by atoms with E-state index in [-0.39, 0.29) is 11.8 Å². The van der Waals surface area contributed by atoms with Crippen LogP contribution in [-0.4, -0.2) is 25.7 Å². The fraction of sp³-hybridized carbons (Fsp3) is 0.400. The van der Waals surface area contributed by atoms with Gasteiger partial charge in [-0.2, -0.15) is 5.10 Å². The molecule has 6 nitrogen and oxygen atoms in total. The highest BCUT2D eigenvalue weighted by Crippen LogP contribution is 2.50. The van der Waals surface area contributed by atoms with Crippen LogP contribution in [0.3, 0.4) is 0 Å². The van der Waals surface area contributed by atoms with Gasteiger partial charge in [0.15, 0.2) is 5.82 Å². The smallest absolute Gasteiger partial charge is 0.238 e. The summed E-state index contributed by atoms with van der Waals surface area (Å²) in [5.74, 6) is 1.70. The Morgan fingerprint density at radius 2 is 2.00 bits per heavy atom. The third-order valence-corrected chi connectivity index (χ3v) is 5.41. The zero-order valence-electron chi connectivity index (χ0n) is 15.6. The number of allylic oxidation sites excluding steroid dienone is 4. The molecule has 1 fully saturated rings. The van der Waals surface area contributed by atoms with Crippen molar-refractivity contribution in [2.45, 2.75) is 40.7 Å². The monoisotopic (exact) mass is 349 g/mol. The van der Waals surface area contributed by atoms with Crippen LogP contribution < -0.4 is 4.90 Å². The number of rotatable bonds is 3. The third-order valence-electron chi connectivity index (χ3n) is 5.41. The van der Waals surface area contributed by atoms with Gasteiger partial charge in [-0.05, 0) is 31.9 Å². The SMILES string of the molecule is CCn1ccc(N2C(=O)C(C)(C)C3CC=C(c4cnc(C)nc4)C=C32)n1. The largest absolute Gasteiger partial charge is 0.273 e. The fourth-order valence-electron chi connectivity index (χ4n) is 3.75. The van der Waals surface area contributed by atoms with E-state index in [1.54, 1.807) is 4.90 Å². The molecule has 0 radical (unpaired) electrons. The first-order valence-corrected chi connectivity index (χ1v) is 9.00. The molecule has 3 heterocycles. The number of aryl methyl sites for hydroxylation is 2. The zero-order chi connectivity index (χ0) is 18.5. The summed E-state index contributed by atoms with van der Waals surface area (Å²) in [6.45, 7) is 8.74. The maximum Gasteiger partial charge on any atom is 0.238 e. The van der Waals surface area contributed by atoms with Crippen LogP contribution in [0, 0.1) is 18.3 Å². The van der Waals surface area contributed by atoms with Gasteiger partial charge < -0.3 is 0 Å². The molecule has 1 saturated heterocycles. The summed E-state index contributed by atoms with van der Waals surface area (Å²) in [4.78, 5) is 23.6. The standard InChI is InChI=1S/C20H23N5O/c1-5-24-9-8-18(23-24)25-17-10-14(15-11-21-13(2)22-12-15)6-7-16(17)20(3,4)19(25)26/h6,8-12,16H,5,7H2,1-4H3. The Hall–Kier alpha value is -2.76. The number of carbonyl (C=O) groups is 1. The highest BCUT2D eigenvalue weighted by Gasteiger charge is 2.52. The van der Waals surface area contributed by atoms with Crippen LogP contribution in [0.2, 0.25) is 0 Å². The average molecular weight is 349 g/mol. The minimum absolute atomic E-state index is 0.102. The predicted octanol–water partition coefficient (Wildman–Crippen LogP) is 3.36. The van der Waals surface area contributed by atoms with Crippen LogP contribution in [0.4, 0.5) is 5.82 Å². The highest BCUT2D eigenvalue weighted by molar-refractivity contribution is 6.04. The summed E-state index contributed by atoms with van der Waals surface area (Å²) < 4.78 is 1.84. The molecule has 26 heavy (non-hydrogen) atoms. The van der Waals surface area contributed by atoms with Gasteiger partial charge in [0.1, 0.15) is 5.82 Å². The Morgan fingerprint density at radius 3 is 2.65 bits per heavy atom. The van der Waals surface area contributed by atoms with Crippen molar-refractivity contribution in [1.29, 1.82) is 0 Å². The number of anilines is 1. The molecule has 0 spiro atoms. The number of amides is 1. The maximum absolute atomic E-state index is 13.2. The summed E-state index contributed by atoms with van der Waals surface area (Å²) >= 11 is 0. The van der Waals surface area contributed by atoms with Gasteiger partial charge in [-0.15, -0.1) is 0 Å². The van der Waals surface area contributed by atoms with E-state index in [1.165, 1.54) is 0 Å². The minimum atomic E-state index is -0.451. The van der Waals surface area contributed by atoms with Crippen molar-refractivity contribution in [3.05, 3.63) is 53.9 Å². The van der Waals surface area contributed by atoms with Crippen LogP contribution in [0.5, 0.6) is 0 Å². The minimum Gasteiger partial charge on any atom is -0.273 e. The Labute approximate surface area is 153 Å². The Morgan fingerprint density at radius 1 is 1.27 bits per heavy atom. The lowest BCUT2D eigenvalue weighted by atomic mass is 9.75. The van der Waals surface area contributed by atoms with Gasteiger partial charge >= 0.3 is 0 Å². The summed E-state index contributed by atoms with van der Waals surface area (Å²) in [5, 5.41) is 4.56. The lowest BCUT2D eigenvalue weighted by molar-refractivity contribution is -0.125. The summed E-state index contributed by atoms with van der Waals surface area (Å²) in [7, 11) is 0. The molecule has 134 valence electrons. The van der Waals surface area contributed by atoms with E-state index in [0.717, 1.165) is 35.6 Å². The molecule has 1 unspecified atom stereocenters. The fourth-order valence-corrected chi connectivity index (χ4v) is 3.75. The lowest BCUT2D eigenvalue weighted by Gasteiger charge is -2.25. The molecule has 6 heteroatoms. The van der Waals surface area contributed by atoms with Crippen LogP contribution in [-0.2, 0) is 11.3 Å². The highest BCUT2D eigenvalue weighted by atomic mass is 16.2. The van der Waals surface area contributed by atoms with E-state index >= 15 is 0 Å². The first-order chi connectivity index (χ1) is 12.4. The van der Waals surface area contributed by atoms with Gasteiger partial charge in [0, 0.05) is 48.4 Å². The second-order valence-corrected chi connectivity index (χ2v) is 7.43. The Bertz CT molecular complexity index is 920. The van der Waals surface area contributed by atoms with Crippen LogP contribution in [0.1, 0.15) is 38.6 Å². The molecular formula is C20H23N5O. The number of fused-ring (bicyclic) bond motifs is 1. The van der Waals surface area contributed by atoms with Crippen LogP contribution in [0.25, 0.3) is 5.57 Å². The van der Waals surface area contributed by atoms with Gasteiger partial charge in [0.05, 0.1) is 5.41 Å². The molecule has 4 rings (SSSR count). The summed E-state index contributed by atoms with van der Waals surface area (Å²) in [6.07, 6.45) is 10.7. The van der Waals surface area contributed by atoms with Gasteiger partial charge in [0.2, 0.25) is 5.91 Å². The van der Waals surface area contributed by atoms with E-state index in [9.17, 15) is 4.79 Å².